The molecule has 1 N–H and O–H groups in total. The number of nitrogens with one attached hydrogen (secondary N) is 1. The lowest BCUT2D eigenvalue weighted by molar-refractivity contribution is 0.388. The maximum Gasteiger partial charge on any atom is 0.194 e. The number of aromatic nitrogens is 1. The lowest BCUT2D eigenvalue weighted by atomic mass is 9.99. The van der Waals surface area contributed by atoms with Crippen LogP contribution in [0.1, 0.15) is 24.5 Å². The molecule has 1 aromatic rings. The summed E-state index contributed by atoms with van der Waals surface area (Å²) >= 11 is 2.06. The highest BCUT2D eigenvalue weighted by Gasteiger charge is 2.16. The lowest BCUT2D eigenvalue weighted by Crippen LogP contribution is -2.12. The summed E-state index contributed by atoms with van der Waals surface area (Å²) in [4.78, 5) is 4.32. The van der Waals surface area contributed by atoms with Gasteiger partial charge in [0.05, 0.1) is 12.7 Å². The molecule has 0 amide bonds. The molecule has 84 valence electrons. The van der Waals surface area contributed by atoms with E-state index in [4.69, 9.17) is 4.42 Å². The zero-order valence-corrected chi connectivity index (χ0v) is 9.98. The van der Waals surface area contributed by atoms with Crippen molar-refractivity contribution in [3.63, 3.8) is 0 Å². The first kappa shape index (κ1) is 11.0. The van der Waals surface area contributed by atoms with E-state index in [0.717, 1.165) is 30.5 Å². The van der Waals surface area contributed by atoms with Crippen molar-refractivity contribution in [1.82, 2.24) is 10.3 Å². The summed E-state index contributed by atoms with van der Waals surface area (Å²) in [5.41, 5.74) is 0. The Kier molecular flexibility index (Phi) is 4.09. The molecular formula is C11H18N2OS. The van der Waals surface area contributed by atoms with Gasteiger partial charge in [0, 0.05) is 6.42 Å². The second-order valence-electron chi connectivity index (χ2n) is 4.01. The topological polar surface area (TPSA) is 38.1 Å². The Morgan fingerprint density at radius 3 is 3.07 bits per heavy atom. The van der Waals surface area contributed by atoms with Crippen LogP contribution < -0.4 is 5.32 Å². The highest BCUT2D eigenvalue weighted by Crippen LogP contribution is 2.25. The molecular weight excluding hydrogens is 208 g/mol. The van der Waals surface area contributed by atoms with Crippen molar-refractivity contribution in [3.05, 3.63) is 17.8 Å². The predicted octanol–water partition coefficient (Wildman–Crippen LogP) is 2.08. The van der Waals surface area contributed by atoms with Crippen LogP contribution in [0.4, 0.5) is 0 Å². The van der Waals surface area contributed by atoms with Crippen molar-refractivity contribution < 1.29 is 4.42 Å². The van der Waals surface area contributed by atoms with E-state index in [1.165, 1.54) is 24.3 Å². The van der Waals surface area contributed by atoms with Crippen molar-refractivity contribution in [1.29, 1.82) is 0 Å². The number of thioether (sulfide) groups is 1. The van der Waals surface area contributed by atoms with Gasteiger partial charge in [0.1, 0.15) is 5.76 Å². The second kappa shape index (κ2) is 5.56. The zero-order valence-electron chi connectivity index (χ0n) is 9.16. The molecule has 0 unspecified atom stereocenters. The summed E-state index contributed by atoms with van der Waals surface area (Å²) in [7, 11) is 1.92. The van der Waals surface area contributed by atoms with Gasteiger partial charge < -0.3 is 9.73 Å². The molecule has 15 heavy (non-hydrogen) atoms. The molecule has 0 aliphatic carbocycles. The lowest BCUT2D eigenvalue weighted by Gasteiger charge is -2.19. The molecule has 0 radical (unpaired) electrons. The fraction of sp³-hybridized carbons (Fsp3) is 0.727. The fourth-order valence-electron chi connectivity index (χ4n) is 1.90. The number of rotatable bonds is 4. The Balaban J connectivity index is 1.86. The minimum Gasteiger partial charge on any atom is -0.444 e. The normalized spacial score (nSPS) is 18.2. The molecule has 1 fully saturated rings. The van der Waals surface area contributed by atoms with Crippen LogP contribution in [0.2, 0.25) is 0 Å². The smallest absolute Gasteiger partial charge is 0.194 e. The third-order valence-corrected chi connectivity index (χ3v) is 3.81. The van der Waals surface area contributed by atoms with E-state index in [-0.39, 0.29) is 0 Å². The first-order chi connectivity index (χ1) is 7.38. The molecule has 1 aliphatic heterocycles. The van der Waals surface area contributed by atoms with Gasteiger partial charge in [-0.2, -0.15) is 11.8 Å². The van der Waals surface area contributed by atoms with Gasteiger partial charge in [-0.1, -0.05) is 0 Å². The molecule has 2 heterocycles. The van der Waals surface area contributed by atoms with Crippen molar-refractivity contribution in [3.8, 4) is 0 Å². The minimum absolute atomic E-state index is 0.771. The maximum absolute atomic E-state index is 5.65. The zero-order chi connectivity index (χ0) is 10.5. The average molecular weight is 226 g/mol. The largest absolute Gasteiger partial charge is 0.444 e. The van der Waals surface area contributed by atoms with Gasteiger partial charge in [-0.3, -0.25) is 0 Å². The molecule has 0 atom stereocenters. The number of oxazole rings is 1. The molecule has 3 nitrogen and oxygen atoms in total. The molecule has 1 saturated heterocycles. The summed E-state index contributed by atoms with van der Waals surface area (Å²) in [6.07, 6.45) is 5.48. The van der Waals surface area contributed by atoms with Crippen LogP contribution in [0, 0.1) is 5.92 Å². The third kappa shape index (κ3) is 3.24. The van der Waals surface area contributed by atoms with Crippen molar-refractivity contribution in [2.24, 2.45) is 5.92 Å². The summed E-state index contributed by atoms with van der Waals surface area (Å²) in [5, 5.41) is 3.06. The molecule has 0 aromatic carbocycles. The van der Waals surface area contributed by atoms with Gasteiger partial charge in [-0.05, 0) is 37.3 Å². The van der Waals surface area contributed by atoms with Crippen molar-refractivity contribution >= 4 is 11.8 Å². The first-order valence-corrected chi connectivity index (χ1v) is 6.70. The number of hydrogen-bond acceptors (Lipinski definition) is 4. The minimum atomic E-state index is 0.771. The van der Waals surface area contributed by atoms with E-state index in [0.29, 0.717) is 0 Å². The third-order valence-electron chi connectivity index (χ3n) is 2.76. The fourth-order valence-corrected chi connectivity index (χ4v) is 3.10. The van der Waals surface area contributed by atoms with Crippen LogP contribution in [0.5, 0.6) is 0 Å². The van der Waals surface area contributed by atoms with Crippen LogP contribution in [-0.4, -0.2) is 23.5 Å². The maximum atomic E-state index is 5.65. The van der Waals surface area contributed by atoms with E-state index in [2.05, 4.69) is 22.1 Å². The van der Waals surface area contributed by atoms with E-state index in [9.17, 15) is 0 Å². The van der Waals surface area contributed by atoms with Crippen LogP contribution >= 0.6 is 11.8 Å². The van der Waals surface area contributed by atoms with Gasteiger partial charge in [0.15, 0.2) is 5.89 Å². The van der Waals surface area contributed by atoms with E-state index in [1.54, 1.807) is 0 Å². The van der Waals surface area contributed by atoms with Crippen LogP contribution in [0.15, 0.2) is 10.6 Å². The van der Waals surface area contributed by atoms with Crippen molar-refractivity contribution in [2.45, 2.75) is 25.8 Å². The molecule has 1 aliphatic rings. The van der Waals surface area contributed by atoms with Gasteiger partial charge >= 0.3 is 0 Å². The predicted molar refractivity (Wildman–Crippen MR) is 63.0 cm³/mol. The monoisotopic (exact) mass is 226 g/mol. The summed E-state index contributed by atoms with van der Waals surface area (Å²) in [6.45, 7) is 0.771. The summed E-state index contributed by atoms with van der Waals surface area (Å²) < 4.78 is 5.65. The molecule has 0 spiro atoms. The van der Waals surface area contributed by atoms with Gasteiger partial charge in [-0.15, -0.1) is 0 Å². The van der Waals surface area contributed by atoms with E-state index in [1.807, 2.05) is 13.2 Å². The Morgan fingerprint density at radius 1 is 1.53 bits per heavy atom. The first-order valence-electron chi connectivity index (χ1n) is 5.54. The van der Waals surface area contributed by atoms with Gasteiger partial charge in [0.2, 0.25) is 0 Å². The molecule has 2 rings (SSSR count). The molecule has 0 bridgehead atoms. The summed E-state index contributed by atoms with van der Waals surface area (Å²) in [6, 6.07) is 0. The highest BCUT2D eigenvalue weighted by molar-refractivity contribution is 7.99. The Labute approximate surface area is 95.0 Å². The average Bonchev–Trinajstić information content (AvgIpc) is 2.68. The standard InChI is InChI=1S/C11H18N2OS/c1-12-7-10-8-13-11(14-10)6-9-2-4-15-5-3-9/h8-9,12H,2-7H2,1H3. The van der Waals surface area contributed by atoms with Gasteiger partial charge in [-0.25, -0.2) is 4.98 Å². The second-order valence-corrected chi connectivity index (χ2v) is 5.24. The molecule has 0 saturated carbocycles. The Hall–Kier alpha value is -0.480. The number of hydrogen-bond donors (Lipinski definition) is 1. The van der Waals surface area contributed by atoms with E-state index >= 15 is 0 Å². The number of nitrogens with zero attached hydrogens (tertiary/aromatic N) is 1. The molecule has 4 heteroatoms. The van der Waals surface area contributed by atoms with Crippen LogP contribution in [0.3, 0.4) is 0 Å². The van der Waals surface area contributed by atoms with E-state index < -0.39 is 0 Å². The Morgan fingerprint density at radius 2 is 2.33 bits per heavy atom. The van der Waals surface area contributed by atoms with Crippen molar-refractivity contribution in [2.75, 3.05) is 18.6 Å². The van der Waals surface area contributed by atoms with Gasteiger partial charge in [0.25, 0.3) is 0 Å². The Bertz CT molecular complexity index is 295. The van der Waals surface area contributed by atoms with Crippen LogP contribution in [0.25, 0.3) is 0 Å². The highest BCUT2D eigenvalue weighted by atomic mass is 32.2. The summed E-state index contributed by atoms with van der Waals surface area (Å²) in [5.74, 6) is 5.24. The quantitative estimate of drug-likeness (QED) is 0.853. The molecule has 1 aromatic heterocycles. The SMILES string of the molecule is CNCc1cnc(CC2CCSCC2)o1. The van der Waals surface area contributed by atoms with Crippen LogP contribution in [-0.2, 0) is 13.0 Å².